The average Bonchev–Trinajstić information content (AvgIpc) is 2.47. The molecule has 0 saturated heterocycles. The lowest BCUT2D eigenvalue weighted by atomic mass is 10.1. The monoisotopic (exact) mass is 292 g/mol. The summed E-state index contributed by atoms with van der Waals surface area (Å²) in [6.07, 6.45) is 2.74. The van der Waals surface area contributed by atoms with Crippen LogP contribution in [0.2, 0.25) is 0 Å². The number of rotatable bonds is 9. The van der Waals surface area contributed by atoms with Gasteiger partial charge in [-0.15, -0.1) is 0 Å². The summed E-state index contributed by atoms with van der Waals surface area (Å²) in [4.78, 5) is 12.1. The number of aliphatic hydroxyl groups is 1. The van der Waals surface area contributed by atoms with Crippen LogP contribution in [-0.2, 0) is 11.2 Å². The Morgan fingerprint density at radius 1 is 1.24 bits per heavy atom. The van der Waals surface area contributed by atoms with Crippen LogP contribution >= 0.6 is 0 Å². The van der Waals surface area contributed by atoms with E-state index in [4.69, 9.17) is 0 Å². The first-order valence-corrected chi connectivity index (χ1v) is 7.78. The molecule has 0 aliphatic rings. The van der Waals surface area contributed by atoms with Crippen LogP contribution in [0.3, 0.4) is 0 Å². The first-order valence-electron chi connectivity index (χ1n) is 7.78. The highest BCUT2D eigenvalue weighted by molar-refractivity contribution is 5.81. The summed E-state index contributed by atoms with van der Waals surface area (Å²) >= 11 is 0. The number of hydrogen-bond donors (Lipinski definition) is 3. The molecule has 0 fully saturated rings. The smallest absolute Gasteiger partial charge is 0.237 e. The van der Waals surface area contributed by atoms with Crippen LogP contribution in [0, 0.1) is 0 Å². The lowest BCUT2D eigenvalue weighted by Crippen LogP contribution is -2.50. The van der Waals surface area contributed by atoms with Crippen LogP contribution < -0.4 is 10.6 Å². The van der Waals surface area contributed by atoms with E-state index in [9.17, 15) is 9.90 Å². The molecule has 0 spiro atoms. The summed E-state index contributed by atoms with van der Waals surface area (Å²) in [6, 6.07) is 9.74. The predicted octanol–water partition coefficient (Wildman–Crippen LogP) is 1.87. The lowest BCUT2D eigenvalue weighted by Gasteiger charge is -2.23. The molecule has 21 heavy (non-hydrogen) atoms. The summed E-state index contributed by atoms with van der Waals surface area (Å²) in [5.41, 5.74) is 1.15. The largest absolute Gasteiger partial charge is 0.395 e. The molecule has 1 aromatic carbocycles. The number of carbonyl (C=O) groups excluding carboxylic acids is 1. The molecule has 0 aliphatic heterocycles. The van der Waals surface area contributed by atoms with Crippen molar-refractivity contribution in [2.45, 2.75) is 58.2 Å². The van der Waals surface area contributed by atoms with E-state index in [0.29, 0.717) is 6.42 Å². The average molecular weight is 292 g/mol. The minimum Gasteiger partial charge on any atom is -0.395 e. The highest BCUT2D eigenvalue weighted by atomic mass is 16.3. The topological polar surface area (TPSA) is 61.4 Å². The van der Waals surface area contributed by atoms with Crippen molar-refractivity contribution in [3.8, 4) is 0 Å². The molecule has 3 unspecified atom stereocenters. The van der Waals surface area contributed by atoms with Crippen molar-refractivity contribution in [1.29, 1.82) is 0 Å². The fraction of sp³-hybridized carbons (Fsp3) is 0.588. The fourth-order valence-corrected chi connectivity index (χ4v) is 2.38. The van der Waals surface area contributed by atoms with Crippen LogP contribution in [0.1, 0.15) is 39.2 Å². The molecule has 1 rings (SSSR count). The van der Waals surface area contributed by atoms with Crippen LogP contribution in [0.4, 0.5) is 0 Å². The SMILES string of the molecule is CCCC(C)NC(=O)C(C)NC(CO)Cc1ccccc1. The minimum atomic E-state index is -0.315. The molecule has 1 amide bonds. The zero-order valence-electron chi connectivity index (χ0n) is 13.3. The van der Waals surface area contributed by atoms with E-state index < -0.39 is 0 Å². The third kappa shape index (κ3) is 6.74. The van der Waals surface area contributed by atoms with Gasteiger partial charge in [0.25, 0.3) is 0 Å². The Hall–Kier alpha value is -1.39. The Bertz CT molecular complexity index is 409. The Morgan fingerprint density at radius 2 is 1.90 bits per heavy atom. The summed E-state index contributed by atoms with van der Waals surface area (Å²) in [5.74, 6) is -0.0116. The molecule has 0 saturated carbocycles. The zero-order chi connectivity index (χ0) is 15.7. The second kappa shape index (κ2) is 9.53. The van der Waals surface area contributed by atoms with Crippen molar-refractivity contribution in [1.82, 2.24) is 10.6 Å². The normalized spacial score (nSPS) is 15.2. The lowest BCUT2D eigenvalue weighted by molar-refractivity contribution is -0.123. The second-order valence-corrected chi connectivity index (χ2v) is 5.66. The van der Waals surface area contributed by atoms with Crippen molar-refractivity contribution >= 4 is 5.91 Å². The number of carbonyl (C=O) groups is 1. The number of aliphatic hydroxyl groups excluding tert-OH is 1. The quantitative estimate of drug-likeness (QED) is 0.651. The van der Waals surface area contributed by atoms with Gasteiger partial charge in [0.05, 0.1) is 12.6 Å². The summed E-state index contributed by atoms with van der Waals surface area (Å²) in [5, 5.41) is 15.7. The highest BCUT2D eigenvalue weighted by Gasteiger charge is 2.18. The molecule has 3 atom stereocenters. The van der Waals surface area contributed by atoms with Gasteiger partial charge in [0.15, 0.2) is 0 Å². The van der Waals surface area contributed by atoms with Crippen LogP contribution in [-0.4, -0.2) is 35.7 Å². The molecule has 0 aromatic heterocycles. The van der Waals surface area contributed by atoms with E-state index in [0.717, 1.165) is 18.4 Å². The Kier molecular flexibility index (Phi) is 8.01. The van der Waals surface area contributed by atoms with Crippen LogP contribution in [0.5, 0.6) is 0 Å². The van der Waals surface area contributed by atoms with Gasteiger partial charge in [-0.1, -0.05) is 43.7 Å². The highest BCUT2D eigenvalue weighted by Crippen LogP contribution is 2.04. The van der Waals surface area contributed by atoms with Crippen molar-refractivity contribution in [3.05, 3.63) is 35.9 Å². The third-order valence-electron chi connectivity index (χ3n) is 3.53. The van der Waals surface area contributed by atoms with Crippen molar-refractivity contribution in [2.75, 3.05) is 6.61 Å². The van der Waals surface area contributed by atoms with Crippen molar-refractivity contribution < 1.29 is 9.90 Å². The summed E-state index contributed by atoms with van der Waals surface area (Å²) in [6.45, 7) is 5.96. The molecule has 4 nitrogen and oxygen atoms in total. The van der Waals surface area contributed by atoms with Gasteiger partial charge < -0.3 is 15.7 Å². The van der Waals surface area contributed by atoms with Crippen molar-refractivity contribution in [2.24, 2.45) is 0 Å². The molecule has 0 bridgehead atoms. The van der Waals surface area contributed by atoms with Gasteiger partial charge in [0, 0.05) is 12.1 Å². The number of amides is 1. The van der Waals surface area contributed by atoms with E-state index in [1.165, 1.54) is 0 Å². The standard InChI is InChI=1S/C17H28N2O2/c1-4-8-13(2)18-17(21)14(3)19-16(12-20)11-15-9-6-5-7-10-15/h5-7,9-10,13-14,16,19-20H,4,8,11-12H2,1-3H3,(H,18,21). The van der Waals surface area contributed by atoms with Gasteiger partial charge in [-0.2, -0.15) is 0 Å². The molecule has 1 aromatic rings. The van der Waals surface area contributed by atoms with Gasteiger partial charge in [-0.3, -0.25) is 4.79 Å². The summed E-state index contributed by atoms with van der Waals surface area (Å²) in [7, 11) is 0. The maximum atomic E-state index is 12.1. The van der Waals surface area contributed by atoms with Gasteiger partial charge in [-0.25, -0.2) is 0 Å². The molecule has 4 heteroatoms. The van der Waals surface area contributed by atoms with Gasteiger partial charge in [0.1, 0.15) is 0 Å². The van der Waals surface area contributed by atoms with Crippen LogP contribution in [0.25, 0.3) is 0 Å². The molecule has 118 valence electrons. The molecule has 3 N–H and O–H groups in total. The zero-order valence-corrected chi connectivity index (χ0v) is 13.3. The fourth-order valence-electron chi connectivity index (χ4n) is 2.38. The van der Waals surface area contributed by atoms with Gasteiger partial charge in [-0.05, 0) is 32.3 Å². The van der Waals surface area contributed by atoms with E-state index in [1.807, 2.05) is 44.2 Å². The van der Waals surface area contributed by atoms with Crippen LogP contribution in [0.15, 0.2) is 30.3 Å². The Labute approximate surface area is 128 Å². The van der Waals surface area contributed by atoms with E-state index in [-0.39, 0.29) is 30.6 Å². The predicted molar refractivity (Wildman–Crippen MR) is 86.1 cm³/mol. The maximum Gasteiger partial charge on any atom is 0.237 e. The van der Waals surface area contributed by atoms with Gasteiger partial charge >= 0.3 is 0 Å². The number of benzene rings is 1. The molecule has 0 radical (unpaired) electrons. The molecule has 0 aliphatic carbocycles. The maximum absolute atomic E-state index is 12.1. The van der Waals surface area contributed by atoms with Crippen molar-refractivity contribution in [3.63, 3.8) is 0 Å². The first-order chi connectivity index (χ1) is 10.1. The van der Waals surface area contributed by atoms with E-state index in [1.54, 1.807) is 0 Å². The van der Waals surface area contributed by atoms with E-state index >= 15 is 0 Å². The first kappa shape index (κ1) is 17.7. The number of hydrogen-bond acceptors (Lipinski definition) is 3. The molecule has 0 heterocycles. The molecular weight excluding hydrogens is 264 g/mol. The molecular formula is C17H28N2O2. The van der Waals surface area contributed by atoms with E-state index in [2.05, 4.69) is 17.6 Å². The second-order valence-electron chi connectivity index (χ2n) is 5.66. The Balaban J connectivity index is 2.46. The number of nitrogens with one attached hydrogen (secondary N) is 2. The Morgan fingerprint density at radius 3 is 2.48 bits per heavy atom. The van der Waals surface area contributed by atoms with Gasteiger partial charge in [0.2, 0.25) is 5.91 Å². The third-order valence-corrected chi connectivity index (χ3v) is 3.53. The minimum absolute atomic E-state index is 0.0109. The summed E-state index contributed by atoms with van der Waals surface area (Å²) < 4.78 is 0.